The van der Waals surface area contributed by atoms with Gasteiger partial charge in [0.1, 0.15) is 0 Å². The zero-order valence-electron chi connectivity index (χ0n) is 19.3. The fourth-order valence-corrected chi connectivity index (χ4v) is 5.23. The lowest BCUT2D eigenvalue weighted by molar-refractivity contribution is -0.143. The highest BCUT2D eigenvalue weighted by molar-refractivity contribution is 7.98. The summed E-state index contributed by atoms with van der Waals surface area (Å²) in [6, 6.07) is 15.4. The fourth-order valence-electron chi connectivity index (χ4n) is 3.78. The number of nitrogens with zero attached hydrogens (tertiary/aromatic N) is 2. The van der Waals surface area contributed by atoms with Crippen molar-refractivity contribution in [3.63, 3.8) is 0 Å². The molecule has 170 valence electrons. The number of aryl methyl sites for hydroxylation is 1. The van der Waals surface area contributed by atoms with Crippen LogP contribution in [0.25, 0.3) is 6.08 Å². The van der Waals surface area contributed by atoms with Crippen LogP contribution in [-0.2, 0) is 9.53 Å². The van der Waals surface area contributed by atoms with E-state index in [1.165, 1.54) is 11.3 Å². The molecule has 7 heteroatoms. The van der Waals surface area contributed by atoms with Gasteiger partial charge in [-0.2, -0.15) is 0 Å². The summed E-state index contributed by atoms with van der Waals surface area (Å²) >= 11 is 2.98. The monoisotopic (exact) mass is 478 g/mol. The van der Waals surface area contributed by atoms with Crippen molar-refractivity contribution in [1.82, 2.24) is 4.57 Å². The Morgan fingerprint density at radius 1 is 1.12 bits per heavy atom. The van der Waals surface area contributed by atoms with Crippen molar-refractivity contribution in [3.05, 3.63) is 96.2 Å². The third-order valence-corrected chi connectivity index (χ3v) is 7.12. The zero-order chi connectivity index (χ0) is 23.7. The topological polar surface area (TPSA) is 60.7 Å². The fraction of sp³-hybridized carbons (Fsp3) is 0.269. The summed E-state index contributed by atoms with van der Waals surface area (Å²) in [5.74, 6) is -0.446. The van der Waals surface area contributed by atoms with Gasteiger partial charge in [-0.05, 0) is 63.3 Å². The SMILES string of the molecule is CSc1ccc([C@@H]2C(C(=O)OC(C)C)=C(C)N=c3s/c(=C\c4ccc(C)cc4)c(=O)n32)cc1. The van der Waals surface area contributed by atoms with E-state index in [0.29, 0.717) is 20.6 Å². The highest BCUT2D eigenvalue weighted by atomic mass is 32.2. The van der Waals surface area contributed by atoms with Crippen LogP contribution >= 0.6 is 23.1 Å². The van der Waals surface area contributed by atoms with Crippen LogP contribution in [0.2, 0.25) is 0 Å². The number of carbonyl (C=O) groups is 1. The summed E-state index contributed by atoms with van der Waals surface area (Å²) in [7, 11) is 0. The molecule has 0 N–H and O–H groups in total. The van der Waals surface area contributed by atoms with Gasteiger partial charge in [-0.3, -0.25) is 9.36 Å². The van der Waals surface area contributed by atoms with Gasteiger partial charge in [-0.15, -0.1) is 11.8 Å². The Morgan fingerprint density at radius 2 is 1.79 bits per heavy atom. The van der Waals surface area contributed by atoms with Gasteiger partial charge in [0.2, 0.25) is 0 Å². The van der Waals surface area contributed by atoms with E-state index in [2.05, 4.69) is 4.99 Å². The molecule has 1 aliphatic heterocycles. The molecule has 33 heavy (non-hydrogen) atoms. The normalized spacial score (nSPS) is 16.1. The van der Waals surface area contributed by atoms with Gasteiger partial charge >= 0.3 is 5.97 Å². The Hall–Kier alpha value is -2.90. The second-order valence-electron chi connectivity index (χ2n) is 8.22. The van der Waals surface area contributed by atoms with Crippen molar-refractivity contribution in [1.29, 1.82) is 0 Å². The molecule has 2 heterocycles. The van der Waals surface area contributed by atoms with E-state index in [9.17, 15) is 9.59 Å². The van der Waals surface area contributed by atoms with Crippen molar-refractivity contribution in [2.45, 2.75) is 44.7 Å². The van der Waals surface area contributed by atoms with Crippen LogP contribution < -0.4 is 14.9 Å². The first kappa shape index (κ1) is 23.3. The van der Waals surface area contributed by atoms with Crippen LogP contribution in [0.3, 0.4) is 0 Å². The summed E-state index contributed by atoms with van der Waals surface area (Å²) in [6.07, 6.45) is 3.62. The van der Waals surface area contributed by atoms with E-state index in [0.717, 1.165) is 21.6 Å². The third kappa shape index (κ3) is 4.75. The Labute approximate surface area is 201 Å². The largest absolute Gasteiger partial charge is 0.459 e. The molecule has 1 atom stereocenters. The second kappa shape index (κ2) is 9.53. The molecule has 0 bridgehead atoms. The van der Waals surface area contributed by atoms with Crippen LogP contribution in [0.5, 0.6) is 0 Å². The Kier molecular flexibility index (Phi) is 6.72. The van der Waals surface area contributed by atoms with Crippen LogP contribution in [0.15, 0.2) is 74.5 Å². The third-order valence-electron chi connectivity index (χ3n) is 5.39. The van der Waals surface area contributed by atoms with Gasteiger partial charge in [-0.1, -0.05) is 53.3 Å². The number of esters is 1. The first-order valence-corrected chi connectivity index (χ1v) is 12.8. The predicted octanol–water partition coefficient (Wildman–Crippen LogP) is 4.22. The van der Waals surface area contributed by atoms with E-state index >= 15 is 0 Å². The summed E-state index contributed by atoms with van der Waals surface area (Å²) < 4.78 is 7.75. The molecule has 3 aromatic rings. The maximum absolute atomic E-state index is 13.6. The van der Waals surface area contributed by atoms with E-state index < -0.39 is 12.0 Å². The van der Waals surface area contributed by atoms with Gasteiger partial charge in [-0.25, -0.2) is 9.79 Å². The number of hydrogen-bond donors (Lipinski definition) is 0. The highest BCUT2D eigenvalue weighted by Crippen LogP contribution is 2.32. The molecule has 4 rings (SSSR count). The lowest BCUT2D eigenvalue weighted by atomic mass is 9.96. The molecule has 0 fully saturated rings. The number of aromatic nitrogens is 1. The molecule has 0 amide bonds. The van der Waals surface area contributed by atoms with Gasteiger partial charge in [0.05, 0.1) is 27.9 Å². The maximum Gasteiger partial charge on any atom is 0.338 e. The van der Waals surface area contributed by atoms with Gasteiger partial charge in [0.15, 0.2) is 4.80 Å². The Morgan fingerprint density at radius 3 is 2.39 bits per heavy atom. The average molecular weight is 479 g/mol. The maximum atomic E-state index is 13.6. The molecule has 0 saturated carbocycles. The Bertz CT molecular complexity index is 1400. The van der Waals surface area contributed by atoms with Crippen LogP contribution in [0.4, 0.5) is 0 Å². The van der Waals surface area contributed by atoms with Gasteiger partial charge < -0.3 is 4.74 Å². The van der Waals surface area contributed by atoms with E-state index in [1.54, 1.807) is 23.3 Å². The minimum Gasteiger partial charge on any atom is -0.459 e. The number of hydrogen-bond acceptors (Lipinski definition) is 6. The lowest BCUT2D eigenvalue weighted by Gasteiger charge is -2.25. The zero-order valence-corrected chi connectivity index (χ0v) is 20.9. The summed E-state index contributed by atoms with van der Waals surface area (Å²) in [5, 5.41) is 0. The van der Waals surface area contributed by atoms with Gasteiger partial charge in [0.25, 0.3) is 5.56 Å². The van der Waals surface area contributed by atoms with E-state index in [4.69, 9.17) is 4.74 Å². The summed E-state index contributed by atoms with van der Waals surface area (Å²) in [6.45, 7) is 7.46. The molecular formula is C26H26N2O3S2. The quantitative estimate of drug-likeness (QED) is 0.407. The molecule has 1 aliphatic rings. The molecule has 0 radical (unpaired) electrons. The highest BCUT2D eigenvalue weighted by Gasteiger charge is 2.33. The number of carbonyl (C=O) groups excluding carboxylic acids is 1. The van der Waals surface area contributed by atoms with Crippen LogP contribution in [0, 0.1) is 6.92 Å². The molecule has 0 unspecified atom stereocenters. The van der Waals surface area contributed by atoms with E-state index in [-0.39, 0.29) is 11.7 Å². The number of fused-ring (bicyclic) bond motifs is 1. The smallest absolute Gasteiger partial charge is 0.338 e. The number of ether oxygens (including phenoxy) is 1. The number of thioether (sulfide) groups is 1. The molecule has 0 spiro atoms. The first-order chi connectivity index (χ1) is 15.8. The summed E-state index contributed by atoms with van der Waals surface area (Å²) in [4.78, 5) is 33.0. The van der Waals surface area contributed by atoms with E-state index in [1.807, 2.05) is 81.6 Å². The molecule has 2 aromatic carbocycles. The van der Waals surface area contributed by atoms with Crippen molar-refractivity contribution in [3.8, 4) is 0 Å². The number of allylic oxidation sites excluding steroid dienone is 1. The molecule has 0 saturated heterocycles. The second-order valence-corrected chi connectivity index (χ2v) is 10.1. The van der Waals surface area contributed by atoms with Crippen LogP contribution in [-0.4, -0.2) is 22.9 Å². The molecule has 5 nitrogen and oxygen atoms in total. The average Bonchev–Trinajstić information content (AvgIpc) is 3.08. The number of thiazole rings is 1. The Balaban J connectivity index is 1.92. The molecular weight excluding hydrogens is 452 g/mol. The van der Waals surface area contributed by atoms with Crippen molar-refractivity contribution < 1.29 is 9.53 Å². The number of benzene rings is 2. The summed E-state index contributed by atoms with van der Waals surface area (Å²) in [5.41, 5.74) is 3.76. The predicted molar refractivity (Wildman–Crippen MR) is 134 cm³/mol. The minimum atomic E-state index is -0.594. The first-order valence-electron chi connectivity index (χ1n) is 10.7. The lowest BCUT2D eigenvalue weighted by Crippen LogP contribution is -2.40. The molecule has 0 aliphatic carbocycles. The van der Waals surface area contributed by atoms with Crippen LogP contribution in [0.1, 0.15) is 43.5 Å². The van der Waals surface area contributed by atoms with Crippen molar-refractivity contribution in [2.24, 2.45) is 4.99 Å². The van der Waals surface area contributed by atoms with Crippen molar-refractivity contribution >= 4 is 35.1 Å². The number of rotatable bonds is 5. The standard InChI is InChI=1S/C26H26N2O3S2/c1-15(2)31-25(30)22-17(4)27-26-28(23(22)19-10-12-20(32-5)13-11-19)24(29)21(33-26)14-18-8-6-16(3)7-9-18/h6-15,23H,1-5H3/b21-14-/t23-/m1/s1. The minimum absolute atomic E-state index is 0.166. The molecule has 1 aromatic heterocycles. The van der Waals surface area contributed by atoms with Gasteiger partial charge in [0, 0.05) is 4.90 Å². The van der Waals surface area contributed by atoms with Crippen molar-refractivity contribution in [2.75, 3.05) is 6.26 Å².